The summed E-state index contributed by atoms with van der Waals surface area (Å²) in [7, 11) is 3.15. The Labute approximate surface area is 169 Å². The Kier molecular flexibility index (Phi) is 5.73. The Hall–Kier alpha value is -2.58. The number of aromatic amines is 1. The van der Waals surface area contributed by atoms with E-state index in [1.165, 1.54) is 0 Å². The number of aryl methyl sites for hydroxylation is 1. The summed E-state index contributed by atoms with van der Waals surface area (Å²) < 4.78 is 16.5. The standard InChI is InChI=1S/C21H27N3O5/c1-27-16-8-7-13(11-17(16)28-2)20-18(12-25)29-10-9-24(20)21(26)19-14-5-3-4-6-15(14)22-23-19/h7-8,11,18,20,25H,3-6,9-10,12H2,1-2H3,(H,22,23)/t18-,20-/m1/s1. The van der Waals surface area contributed by atoms with Crippen LogP contribution in [0, 0.1) is 0 Å². The number of amides is 1. The molecule has 8 heteroatoms. The van der Waals surface area contributed by atoms with E-state index in [0.29, 0.717) is 30.3 Å². The number of H-pyrrole nitrogens is 1. The van der Waals surface area contributed by atoms with Crippen molar-refractivity contribution in [3.05, 3.63) is 40.7 Å². The van der Waals surface area contributed by atoms with Gasteiger partial charge in [-0.25, -0.2) is 0 Å². The molecule has 2 N–H and O–H groups in total. The summed E-state index contributed by atoms with van der Waals surface area (Å²) in [6, 6.07) is 5.07. The second kappa shape index (κ2) is 8.42. The van der Waals surface area contributed by atoms with Crippen LogP contribution in [0.15, 0.2) is 18.2 Å². The third kappa shape index (κ3) is 3.58. The number of aromatic nitrogens is 2. The molecule has 1 amide bonds. The number of morpholine rings is 1. The van der Waals surface area contributed by atoms with E-state index >= 15 is 0 Å². The number of ether oxygens (including phenoxy) is 3. The molecule has 1 aliphatic heterocycles. The predicted octanol–water partition coefficient (Wildman–Crippen LogP) is 1.88. The summed E-state index contributed by atoms with van der Waals surface area (Å²) in [6.45, 7) is 0.602. The van der Waals surface area contributed by atoms with Crippen molar-refractivity contribution >= 4 is 5.91 Å². The minimum Gasteiger partial charge on any atom is -0.493 e. The third-order valence-corrected chi connectivity index (χ3v) is 5.80. The summed E-state index contributed by atoms with van der Waals surface area (Å²) in [5, 5.41) is 17.3. The van der Waals surface area contributed by atoms with Crippen molar-refractivity contribution in [2.75, 3.05) is 34.0 Å². The van der Waals surface area contributed by atoms with E-state index in [1.807, 2.05) is 12.1 Å². The maximum atomic E-state index is 13.5. The predicted molar refractivity (Wildman–Crippen MR) is 105 cm³/mol. The van der Waals surface area contributed by atoms with Crippen molar-refractivity contribution in [1.82, 2.24) is 15.1 Å². The molecule has 1 aromatic heterocycles. The van der Waals surface area contributed by atoms with E-state index in [2.05, 4.69) is 10.2 Å². The average Bonchev–Trinajstić information content (AvgIpc) is 3.21. The van der Waals surface area contributed by atoms with Gasteiger partial charge in [0, 0.05) is 17.8 Å². The van der Waals surface area contributed by atoms with Gasteiger partial charge in [0.2, 0.25) is 0 Å². The van der Waals surface area contributed by atoms with E-state index in [1.54, 1.807) is 25.2 Å². The minimum atomic E-state index is -0.527. The molecule has 0 bridgehead atoms. The first-order chi connectivity index (χ1) is 14.2. The monoisotopic (exact) mass is 401 g/mol. The van der Waals surface area contributed by atoms with Gasteiger partial charge in [0.05, 0.1) is 33.5 Å². The van der Waals surface area contributed by atoms with E-state index in [9.17, 15) is 9.90 Å². The van der Waals surface area contributed by atoms with Gasteiger partial charge < -0.3 is 24.2 Å². The fraction of sp³-hybridized carbons (Fsp3) is 0.524. The molecule has 0 radical (unpaired) electrons. The summed E-state index contributed by atoms with van der Waals surface area (Å²) in [4.78, 5) is 15.3. The van der Waals surface area contributed by atoms with Crippen molar-refractivity contribution in [2.45, 2.75) is 37.8 Å². The highest BCUT2D eigenvalue weighted by atomic mass is 16.5. The molecule has 4 rings (SSSR count). The SMILES string of the molecule is COc1ccc([C@@H]2[C@@H](CO)OCCN2C(=O)c2n[nH]c3c2CCCC3)cc1OC. The van der Waals surface area contributed by atoms with Crippen molar-refractivity contribution in [3.63, 3.8) is 0 Å². The molecule has 1 aliphatic carbocycles. The number of fused-ring (bicyclic) bond motifs is 1. The Morgan fingerprint density at radius 2 is 2.07 bits per heavy atom. The number of rotatable bonds is 5. The number of carbonyl (C=O) groups is 1. The van der Waals surface area contributed by atoms with Crippen LogP contribution in [0.5, 0.6) is 11.5 Å². The molecule has 156 valence electrons. The number of hydrogen-bond donors (Lipinski definition) is 2. The number of methoxy groups -OCH3 is 2. The molecule has 1 saturated heterocycles. The number of nitrogens with zero attached hydrogens (tertiary/aromatic N) is 2. The summed E-state index contributed by atoms with van der Waals surface area (Å²) in [6.07, 6.45) is 3.44. The van der Waals surface area contributed by atoms with Crippen LogP contribution in [0.3, 0.4) is 0 Å². The number of carbonyl (C=O) groups excluding carboxylic acids is 1. The zero-order chi connectivity index (χ0) is 20.4. The molecule has 2 aromatic rings. The first-order valence-electron chi connectivity index (χ1n) is 9.99. The van der Waals surface area contributed by atoms with Crippen molar-refractivity contribution in [1.29, 1.82) is 0 Å². The summed E-state index contributed by atoms with van der Waals surface area (Å²) in [5.41, 5.74) is 3.40. The average molecular weight is 401 g/mol. The van der Waals surface area contributed by atoms with Crippen LogP contribution in [0.25, 0.3) is 0 Å². The van der Waals surface area contributed by atoms with Crippen LogP contribution in [0.2, 0.25) is 0 Å². The molecule has 1 aromatic carbocycles. The maximum absolute atomic E-state index is 13.5. The van der Waals surface area contributed by atoms with Gasteiger partial charge in [0.1, 0.15) is 6.10 Å². The minimum absolute atomic E-state index is 0.133. The van der Waals surface area contributed by atoms with Crippen LogP contribution in [0.4, 0.5) is 0 Å². The molecule has 0 unspecified atom stereocenters. The second-order valence-corrected chi connectivity index (χ2v) is 7.39. The highest BCUT2D eigenvalue weighted by Crippen LogP contribution is 2.36. The lowest BCUT2D eigenvalue weighted by Crippen LogP contribution is -2.49. The van der Waals surface area contributed by atoms with Crippen LogP contribution in [-0.4, -0.2) is 66.2 Å². The Morgan fingerprint density at radius 1 is 1.28 bits per heavy atom. The van der Waals surface area contributed by atoms with E-state index in [0.717, 1.165) is 42.5 Å². The van der Waals surface area contributed by atoms with Crippen LogP contribution in [0.1, 0.15) is 46.2 Å². The number of nitrogens with one attached hydrogen (secondary N) is 1. The zero-order valence-electron chi connectivity index (χ0n) is 16.8. The first-order valence-corrected chi connectivity index (χ1v) is 9.99. The molecule has 2 atom stereocenters. The normalized spacial score (nSPS) is 21.6. The molecule has 8 nitrogen and oxygen atoms in total. The number of aliphatic hydroxyl groups is 1. The highest BCUT2D eigenvalue weighted by Gasteiger charge is 2.38. The molecule has 29 heavy (non-hydrogen) atoms. The highest BCUT2D eigenvalue weighted by molar-refractivity contribution is 5.94. The van der Waals surface area contributed by atoms with Crippen molar-refractivity contribution < 1.29 is 24.1 Å². The number of benzene rings is 1. The molecule has 2 aliphatic rings. The van der Waals surface area contributed by atoms with Crippen molar-refractivity contribution in [3.8, 4) is 11.5 Å². The molecular weight excluding hydrogens is 374 g/mol. The number of hydrogen-bond acceptors (Lipinski definition) is 6. The quantitative estimate of drug-likeness (QED) is 0.794. The fourth-order valence-electron chi connectivity index (χ4n) is 4.34. The zero-order valence-corrected chi connectivity index (χ0v) is 16.8. The second-order valence-electron chi connectivity index (χ2n) is 7.39. The van der Waals surface area contributed by atoms with Crippen molar-refractivity contribution in [2.24, 2.45) is 0 Å². The molecular formula is C21H27N3O5. The van der Waals surface area contributed by atoms with Gasteiger partial charge in [-0.15, -0.1) is 0 Å². The Bertz CT molecular complexity index is 881. The molecule has 0 spiro atoms. The van der Waals surface area contributed by atoms with E-state index in [-0.39, 0.29) is 12.5 Å². The Balaban J connectivity index is 1.71. The van der Waals surface area contributed by atoms with E-state index < -0.39 is 12.1 Å². The molecule has 2 heterocycles. The van der Waals surface area contributed by atoms with Gasteiger partial charge in [0.25, 0.3) is 5.91 Å². The topological polar surface area (TPSA) is 96.9 Å². The number of aliphatic hydroxyl groups excluding tert-OH is 1. The van der Waals surface area contributed by atoms with Crippen LogP contribution in [-0.2, 0) is 17.6 Å². The van der Waals surface area contributed by atoms with E-state index in [4.69, 9.17) is 14.2 Å². The lowest BCUT2D eigenvalue weighted by molar-refractivity contribution is -0.0813. The first kappa shape index (κ1) is 19.7. The largest absolute Gasteiger partial charge is 0.493 e. The summed E-state index contributed by atoms with van der Waals surface area (Å²) >= 11 is 0. The van der Waals surface area contributed by atoms with Gasteiger partial charge in [-0.05, 0) is 43.4 Å². The van der Waals surface area contributed by atoms with Crippen LogP contribution >= 0.6 is 0 Å². The molecule has 1 fully saturated rings. The maximum Gasteiger partial charge on any atom is 0.275 e. The van der Waals surface area contributed by atoms with Gasteiger partial charge in [-0.2, -0.15) is 5.10 Å². The molecule has 0 saturated carbocycles. The lowest BCUT2D eigenvalue weighted by atomic mass is 9.94. The van der Waals surface area contributed by atoms with Gasteiger partial charge in [-0.3, -0.25) is 9.89 Å². The lowest BCUT2D eigenvalue weighted by Gasteiger charge is -2.40. The van der Waals surface area contributed by atoms with Gasteiger partial charge in [0.15, 0.2) is 17.2 Å². The Morgan fingerprint density at radius 3 is 2.83 bits per heavy atom. The van der Waals surface area contributed by atoms with Crippen LogP contribution < -0.4 is 9.47 Å². The smallest absolute Gasteiger partial charge is 0.275 e. The fourth-order valence-corrected chi connectivity index (χ4v) is 4.34. The third-order valence-electron chi connectivity index (χ3n) is 5.80. The van der Waals surface area contributed by atoms with Gasteiger partial charge in [-0.1, -0.05) is 6.07 Å². The van der Waals surface area contributed by atoms with Gasteiger partial charge >= 0.3 is 0 Å². The summed E-state index contributed by atoms with van der Waals surface area (Å²) in [5.74, 6) is 1.04.